The first-order chi connectivity index (χ1) is 14.1. The number of aromatic amines is 1. The molecular formula is C25H31N3O2. The Bertz CT molecular complexity index is 1080. The molecule has 1 heterocycles. The van der Waals surface area contributed by atoms with Crippen LogP contribution in [0.15, 0.2) is 53.3 Å². The van der Waals surface area contributed by atoms with Gasteiger partial charge in [0.15, 0.2) is 0 Å². The second kappa shape index (κ2) is 8.82. The van der Waals surface area contributed by atoms with Crippen LogP contribution in [0.25, 0.3) is 10.9 Å². The molecule has 1 atom stereocenters. The molecule has 0 aliphatic heterocycles. The van der Waals surface area contributed by atoms with Crippen LogP contribution < -0.4 is 10.9 Å². The van der Waals surface area contributed by atoms with Crippen molar-refractivity contribution in [3.05, 3.63) is 75.8 Å². The largest absolute Gasteiger partial charge is 0.349 e. The van der Waals surface area contributed by atoms with Crippen LogP contribution in [0.5, 0.6) is 0 Å². The Kier molecular flexibility index (Phi) is 6.40. The van der Waals surface area contributed by atoms with Crippen LogP contribution in [0.2, 0.25) is 0 Å². The Morgan fingerprint density at radius 3 is 2.37 bits per heavy atom. The summed E-state index contributed by atoms with van der Waals surface area (Å²) in [6.45, 7) is 10.8. The molecule has 0 aliphatic rings. The highest BCUT2D eigenvalue weighted by atomic mass is 16.1. The smallest absolute Gasteiger partial charge is 0.258 e. The first kappa shape index (κ1) is 21.8. The van der Waals surface area contributed by atoms with E-state index in [1.54, 1.807) is 6.07 Å². The molecule has 0 aliphatic carbocycles. The number of fused-ring (bicyclic) bond motifs is 1. The van der Waals surface area contributed by atoms with E-state index < -0.39 is 0 Å². The van der Waals surface area contributed by atoms with E-state index in [9.17, 15) is 9.59 Å². The van der Waals surface area contributed by atoms with E-state index in [4.69, 9.17) is 0 Å². The summed E-state index contributed by atoms with van der Waals surface area (Å²) in [5.74, 6) is 0.738. The third-order valence-corrected chi connectivity index (χ3v) is 5.37. The lowest BCUT2D eigenvalue weighted by molar-refractivity contribution is -0.122. The first-order valence-corrected chi connectivity index (χ1v) is 10.5. The van der Waals surface area contributed by atoms with Gasteiger partial charge >= 0.3 is 0 Å². The Balaban J connectivity index is 1.68. The van der Waals surface area contributed by atoms with E-state index in [-0.39, 0.29) is 35.3 Å². The third-order valence-electron chi connectivity index (χ3n) is 5.37. The monoisotopic (exact) mass is 405 g/mol. The average Bonchev–Trinajstić information content (AvgIpc) is 2.70. The SMILES string of the molecule is CC(C)C(NC(=O)CCc1nc2ccccc2c(=O)[nH]1)c1ccc(C(C)(C)C)cc1. The highest BCUT2D eigenvalue weighted by Gasteiger charge is 2.20. The van der Waals surface area contributed by atoms with Gasteiger partial charge < -0.3 is 10.3 Å². The lowest BCUT2D eigenvalue weighted by atomic mass is 9.85. The highest BCUT2D eigenvalue weighted by molar-refractivity contribution is 5.78. The van der Waals surface area contributed by atoms with Crippen molar-refractivity contribution < 1.29 is 4.79 Å². The molecule has 2 aromatic carbocycles. The maximum atomic E-state index is 12.6. The first-order valence-electron chi connectivity index (χ1n) is 10.5. The van der Waals surface area contributed by atoms with Crippen LogP contribution >= 0.6 is 0 Å². The Morgan fingerprint density at radius 1 is 1.07 bits per heavy atom. The topological polar surface area (TPSA) is 74.8 Å². The summed E-state index contributed by atoms with van der Waals surface area (Å²) >= 11 is 0. The van der Waals surface area contributed by atoms with E-state index in [1.165, 1.54) is 5.56 Å². The molecule has 30 heavy (non-hydrogen) atoms. The van der Waals surface area contributed by atoms with Crippen molar-refractivity contribution in [1.29, 1.82) is 0 Å². The van der Waals surface area contributed by atoms with Crippen LogP contribution in [0.1, 0.15) is 64.0 Å². The van der Waals surface area contributed by atoms with E-state index >= 15 is 0 Å². The van der Waals surface area contributed by atoms with Gasteiger partial charge in [0.05, 0.1) is 16.9 Å². The van der Waals surface area contributed by atoms with Crippen molar-refractivity contribution in [1.82, 2.24) is 15.3 Å². The molecule has 0 radical (unpaired) electrons. The predicted octanol–water partition coefficient (Wildman–Crippen LogP) is 4.67. The van der Waals surface area contributed by atoms with Crippen molar-refractivity contribution in [2.75, 3.05) is 0 Å². The van der Waals surface area contributed by atoms with Crippen LogP contribution in [0.4, 0.5) is 0 Å². The van der Waals surface area contributed by atoms with Crippen molar-refractivity contribution in [2.45, 2.75) is 58.9 Å². The molecule has 1 aromatic heterocycles. The van der Waals surface area contributed by atoms with Gasteiger partial charge in [0.1, 0.15) is 5.82 Å². The summed E-state index contributed by atoms with van der Waals surface area (Å²) in [7, 11) is 0. The minimum atomic E-state index is -0.171. The van der Waals surface area contributed by atoms with Crippen LogP contribution in [0, 0.1) is 5.92 Å². The van der Waals surface area contributed by atoms with Crippen molar-refractivity contribution in [3.8, 4) is 0 Å². The lowest BCUT2D eigenvalue weighted by Crippen LogP contribution is -2.32. The van der Waals surface area contributed by atoms with Crippen molar-refractivity contribution in [3.63, 3.8) is 0 Å². The molecule has 5 heteroatoms. The number of nitrogens with zero attached hydrogens (tertiary/aromatic N) is 1. The second-order valence-electron chi connectivity index (χ2n) is 9.19. The number of aromatic nitrogens is 2. The molecule has 3 aromatic rings. The van der Waals surface area contributed by atoms with E-state index in [2.05, 4.69) is 74.2 Å². The molecule has 3 rings (SSSR count). The number of para-hydroxylation sites is 1. The van der Waals surface area contributed by atoms with Crippen molar-refractivity contribution in [2.24, 2.45) is 5.92 Å². The highest BCUT2D eigenvalue weighted by Crippen LogP contribution is 2.27. The Morgan fingerprint density at radius 2 is 1.73 bits per heavy atom. The maximum absolute atomic E-state index is 12.6. The summed E-state index contributed by atoms with van der Waals surface area (Å²) in [6.07, 6.45) is 0.657. The molecule has 2 N–H and O–H groups in total. The average molecular weight is 406 g/mol. The number of rotatable bonds is 6. The number of nitrogens with one attached hydrogen (secondary N) is 2. The lowest BCUT2D eigenvalue weighted by Gasteiger charge is -2.25. The number of carbonyl (C=O) groups excluding carboxylic acids is 1. The molecule has 158 valence electrons. The minimum Gasteiger partial charge on any atom is -0.349 e. The van der Waals surface area contributed by atoms with Gasteiger partial charge in [0.25, 0.3) is 5.56 Å². The molecule has 0 saturated carbocycles. The molecule has 0 bridgehead atoms. The standard InChI is InChI=1S/C25H31N3O2/c1-16(2)23(17-10-12-18(13-11-17)25(3,4)5)28-22(29)15-14-21-26-20-9-7-6-8-19(20)24(30)27-21/h6-13,16,23H,14-15H2,1-5H3,(H,28,29)(H,26,27,30). The fourth-order valence-corrected chi connectivity index (χ4v) is 3.56. The Hall–Kier alpha value is -2.95. The zero-order chi connectivity index (χ0) is 21.9. The third kappa shape index (κ3) is 5.15. The molecule has 0 spiro atoms. The molecule has 0 saturated heterocycles. The number of hydrogen-bond donors (Lipinski definition) is 2. The summed E-state index contributed by atoms with van der Waals surface area (Å²) in [4.78, 5) is 32.1. The minimum absolute atomic E-state index is 0.0515. The number of aryl methyl sites for hydroxylation is 1. The Labute approximate surface area is 177 Å². The van der Waals surface area contributed by atoms with Gasteiger partial charge in [-0.05, 0) is 34.6 Å². The van der Waals surface area contributed by atoms with E-state index in [0.29, 0.717) is 23.1 Å². The van der Waals surface area contributed by atoms with Crippen molar-refractivity contribution >= 4 is 16.8 Å². The van der Waals surface area contributed by atoms with E-state index in [0.717, 1.165) is 5.56 Å². The maximum Gasteiger partial charge on any atom is 0.258 e. The number of hydrogen-bond acceptors (Lipinski definition) is 3. The molecule has 1 amide bonds. The quantitative estimate of drug-likeness (QED) is 0.626. The van der Waals surface area contributed by atoms with Gasteiger partial charge in [-0.1, -0.05) is 71.0 Å². The normalized spacial score (nSPS) is 12.9. The van der Waals surface area contributed by atoms with Crippen LogP contribution in [0.3, 0.4) is 0 Å². The number of benzene rings is 2. The summed E-state index contributed by atoms with van der Waals surface area (Å²) in [5.41, 5.74) is 2.94. The predicted molar refractivity (Wildman–Crippen MR) is 122 cm³/mol. The van der Waals surface area contributed by atoms with Crippen LogP contribution in [-0.2, 0) is 16.6 Å². The van der Waals surface area contributed by atoms with Gasteiger partial charge in [-0.2, -0.15) is 0 Å². The summed E-state index contributed by atoms with van der Waals surface area (Å²) in [5, 5.41) is 3.71. The summed E-state index contributed by atoms with van der Waals surface area (Å²) in [6, 6.07) is 15.6. The number of H-pyrrole nitrogens is 1. The zero-order valence-corrected chi connectivity index (χ0v) is 18.5. The van der Waals surface area contributed by atoms with Gasteiger partial charge in [0, 0.05) is 12.8 Å². The molecule has 5 nitrogen and oxygen atoms in total. The van der Waals surface area contributed by atoms with Gasteiger partial charge in [-0.15, -0.1) is 0 Å². The fraction of sp³-hybridized carbons (Fsp3) is 0.400. The molecule has 1 unspecified atom stereocenters. The van der Waals surface area contributed by atoms with E-state index in [1.807, 2.05) is 18.2 Å². The van der Waals surface area contributed by atoms with Gasteiger partial charge in [-0.3, -0.25) is 9.59 Å². The summed E-state index contributed by atoms with van der Waals surface area (Å²) < 4.78 is 0. The zero-order valence-electron chi connectivity index (χ0n) is 18.5. The number of amides is 1. The molecule has 0 fully saturated rings. The van der Waals surface area contributed by atoms with Gasteiger partial charge in [-0.25, -0.2) is 4.98 Å². The molecular weight excluding hydrogens is 374 g/mol. The van der Waals surface area contributed by atoms with Gasteiger partial charge in [0.2, 0.25) is 5.91 Å². The second-order valence-corrected chi connectivity index (χ2v) is 9.19. The number of carbonyl (C=O) groups is 1. The van der Waals surface area contributed by atoms with Crippen LogP contribution in [-0.4, -0.2) is 15.9 Å². The fourth-order valence-electron chi connectivity index (χ4n) is 3.56.